The number of hydrogen-bond donors (Lipinski definition) is 2. The normalized spacial score (nSPS) is 12.9. The summed E-state index contributed by atoms with van der Waals surface area (Å²) in [5, 5.41) is 5.51. The summed E-state index contributed by atoms with van der Waals surface area (Å²) in [5.74, 6) is 0. The maximum Gasteiger partial charge on any atom is 0.408 e. The number of carbonyl (C=O) groups excluding carboxylic acids is 2. The molecule has 7 heteroatoms. The number of rotatable bonds is 5. The van der Waals surface area contributed by atoms with Gasteiger partial charge in [-0.3, -0.25) is 0 Å². The molecule has 2 amide bonds. The molecule has 0 aromatic heterocycles. The number of amides is 2. The number of benzene rings is 1. The number of thioether (sulfide) groups is 1. The van der Waals surface area contributed by atoms with Gasteiger partial charge in [0, 0.05) is 11.4 Å². The fourth-order valence-corrected chi connectivity index (χ4v) is 2.45. The van der Waals surface area contributed by atoms with Crippen LogP contribution in [-0.2, 0) is 9.47 Å². The van der Waals surface area contributed by atoms with Crippen molar-refractivity contribution in [1.29, 1.82) is 0 Å². The van der Waals surface area contributed by atoms with E-state index in [4.69, 9.17) is 9.47 Å². The molecule has 146 valence electrons. The first kappa shape index (κ1) is 22.2. The van der Waals surface area contributed by atoms with Crippen LogP contribution in [0.5, 0.6) is 0 Å². The van der Waals surface area contributed by atoms with Crippen LogP contribution in [-0.4, -0.2) is 36.2 Å². The molecule has 0 aliphatic carbocycles. The van der Waals surface area contributed by atoms with E-state index in [0.29, 0.717) is 0 Å². The second kappa shape index (κ2) is 9.16. The molecule has 1 aromatic carbocycles. The molecule has 1 unspecified atom stereocenters. The minimum atomic E-state index is -0.601. The lowest BCUT2D eigenvalue weighted by atomic mass is 10.1. The Bertz CT molecular complexity index is 603. The zero-order valence-corrected chi connectivity index (χ0v) is 17.5. The average molecular weight is 383 g/mol. The minimum absolute atomic E-state index is 0.187. The monoisotopic (exact) mass is 382 g/mol. The van der Waals surface area contributed by atoms with Gasteiger partial charge >= 0.3 is 12.2 Å². The van der Waals surface area contributed by atoms with E-state index >= 15 is 0 Å². The van der Waals surface area contributed by atoms with Gasteiger partial charge in [-0.1, -0.05) is 12.1 Å². The first-order chi connectivity index (χ1) is 11.9. The lowest BCUT2D eigenvalue weighted by molar-refractivity contribution is 0.0463. The van der Waals surface area contributed by atoms with Gasteiger partial charge in [-0.05, 0) is 65.5 Å². The highest BCUT2D eigenvalue weighted by Gasteiger charge is 2.22. The lowest BCUT2D eigenvalue weighted by Crippen LogP contribution is -2.41. The van der Waals surface area contributed by atoms with Gasteiger partial charge in [-0.2, -0.15) is 0 Å². The van der Waals surface area contributed by atoms with Gasteiger partial charge in [0.15, 0.2) is 0 Å². The van der Waals surface area contributed by atoms with Crippen molar-refractivity contribution in [2.24, 2.45) is 0 Å². The van der Waals surface area contributed by atoms with Crippen LogP contribution in [0.3, 0.4) is 0 Å². The Morgan fingerprint density at radius 1 is 0.962 bits per heavy atom. The maximum atomic E-state index is 12.2. The lowest BCUT2D eigenvalue weighted by Gasteiger charge is -2.25. The molecule has 0 aliphatic rings. The molecule has 6 nitrogen and oxygen atoms in total. The maximum absolute atomic E-state index is 12.2. The van der Waals surface area contributed by atoms with Crippen LogP contribution in [0.25, 0.3) is 0 Å². The van der Waals surface area contributed by atoms with Gasteiger partial charge in [0.2, 0.25) is 0 Å². The van der Waals surface area contributed by atoms with E-state index in [0.717, 1.165) is 10.5 Å². The molecular formula is C19H30N2O4S. The van der Waals surface area contributed by atoms with Crippen molar-refractivity contribution in [1.82, 2.24) is 10.6 Å². The van der Waals surface area contributed by atoms with E-state index in [-0.39, 0.29) is 6.54 Å². The standard InChI is InChI=1S/C19H30N2O4S/c1-18(2,3)24-16(22)20-12-15(21-17(23)25-19(4,5)6)13-8-10-14(26-7)11-9-13/h8-11,15H,12H2,1-7H3,(H,20,22)(H,21,23). The predicted octanol–water partition coefficient (Wildman–Crippen LogP) is 4.50. The molecule has 2 N–H and O–H groups in total. The first-order valence-corrected chi connectivity index (χ1v) is 9.72. The number of alkyl carbamates (subject to hydrolysis) is 2. The summed E-state index contributed by atoms with van der Waals surface area (Å²) in [6.45, 7) is 11.0. The topological polar surface area (TPSA) is 76.7 Å². The summed E-state index contributed by atoms with van der Waals surface area (Å²) in [5.41, 5.74) is -0.321. The van der Waals surface area contributed by atoms with Gasteiger partial charge in [0.1, 0.15) is 11.2 Å². The highest BCUT2D eigenvalue weighted by molar-refractivity contribution is 7.98. The molecule has 0 radical (unpaired) electrons. The molecule has 1 atom stereocenters. The van der Waals surface area contributed by atoms with E-state index in [9.17, 15) is 9.59 Å². The van der Waals surface area contributed by atoms with E-state index in [1.54, 1.807) is 53.3 Å². The molecule has 0 saturated carbocycles. The summed E-state index contributed by atoms with van der Waals surface area (Å²) in [6, 6.07) is 7.34. The summed E-state index contributed by atoms with van der Waals surface area (Å²) in [7, 11) is 0. The third-order valence-electron chi connectivity index (χ3n) is 3.06. The third-order valence-corrected chi connectivity index (χ3v) is 3.80. The van der Waals surface area contributed by atoms with Crippen LogP contribution in [0.1, 0.15) is 53.1 Å². The molecule has 1 aromatic rings. The van der Waals surface area contributed by atoms with Crippen molar-refractivity contribution in [3.05, 3.63) is 29.8 Å². The van der Waals surface area contributed by atoms with E-state index in [1.165, 1.54) is 0 Å². The van der Waals surface area contributed by atoms with Gasteiger partial charge in [-0.15, -0.1) is 11.8 Å². The molecule has 0 spiro atoms. The second-order valence-corrected chi connectivity index (χ2v) is 8.73. The van der Waals surface area contributed by atoms with Crippen molar-refractivity contribution in [2.75, 3.05) is 12.8 Å². The first-order valence-electron chi connectivity index (χ1n) is 8.50. The van der Waals surface area contributed by atoms with E-state index < -0.39 is 29.4 Å². The van der Waals surface area contributed by atoms with Crippen molar-refractivity contribution >= 4 is 23.9 Å². The Morgan fingerprint density at radius 3 is 1.92 bits per heavy atom. The van der Waals surface area contributed by atoms with Gasteiger partial charge in [0.05, 0.1) is 6.04 Å². The quantitative estimate of drug-likeness (QED) is 0.733. The van der Waals surface area contributed by atoms with Gasteiger partial charge in [-0.25, -0.2) is 9.59 Å². The van der Waals surface area contributed by atoms with Crippen LogP contribution in [0, 0.1) is 0 Å². The number of carbonyl (C=O) groups is 2. The second-order valence-electron chi connectivity index (χ2n) is 7.85. The van der Waals surface area contributed by atoms with Crippen LogP contribution >= 0.6 is 11.8 Å². The van der Waals surface area contributed by atoms with Crippen molar-refractivity contribution < 1.29 is 19.1 Å². The molecule has 0 aliphatic heterocycles. The van der Waals surface area contributed by atoms with Crippen molar-refractivity contribution in [3.8, 4) is 0 Å². The predicted molar refractivity (Wildman–Crippen MR) is 105 cm³/mol. The minimum Gasteiger partial charge on any atom is -0.444 e. The zero-order chi connectivity index (χ0) is 20.0. The third kappa shape index (κ3) is 8.99. The Hall–Kier alpha value is -1.89. The molecule has 0 fully saturated rings. The Kier molecular flexibility index (Phi) is 7.81. The SMILES string of the molecule is CSc1ccc(C(CNC(=O)OC(C)(C)C)NC(=O)OC(C)(C)C)cc1. The van der Waals surface area contributed by atoms with Crippen LogP contribution < -0.4 is 10.6 Å². The van der Waals surface area contributed by atoms with Crippen LogP contribution in [0.15, 0.2) is 29.2 Å². The summed E-state index contributed by atoms with van der Waals surface area (Å²) in [6.07, 6.45) is 0.923. The summed E-state index contributed by atoms with van der Waals surface area (Å²) < 4.78 is 10.6. The number of ether oxygens (including phenoxy) is 2. The van der Waals surface area contributed by atoms with Crippen molar-refractivity contribution in [3.63, 3.8) is 0 Å². The van der Waals surface area contributed by atoms with Gasteiger partial charge in [0.25, 0.3) is 0 Å². The largest absolute Gasteiger partial charge is 0.444 e. The summed E-state index contributed by atoms with van der Waals surface area (Å²) in [4.78, 5) is 25.2. The highest BCUT2D eigenvalue weighted by Crippen LogP contribution is 2.20. The molecule has 1 rings (SSSR count). The van der Waals surface area contributed by atoms with Crippen LogP contribution in [0.4, 0.5) is 9.59 Å². The molecule has 0 bridgehead atoms. The zero-order valence-electron chi connectivity index (χ0n) is 16.6. The van der Waals surface area contributed by atoms with E-state index in [1.807, 2.05) is 30.5 Å². The molecule has 0 saturated heterocycles. The summed E-state index contributed by atoms with van der Waals surface area (Å²) >= 11 is 1.63. The Morgan fingerprint density at radius 2 is 1.46 bits per heavy atom. The number of hydrogen-bond acceptors (Lipinski definition) is 5. The Balaban J connectivity index is 2.83. The van der Waals surface area contributed by atoms with E-state index in [2.05, 4.69) is 10.6 Å². The molecule has 0 heterocycles. The van der Waals surface area contributed by atoms with Crippen molar-refractivity contribution in [2.45, 2.75) is 63.7 Å². The smallest absolute Gasteiger partial charge is 0.408 e. The van der Waals surface area contributed by atoms with Gasteiger partial charge < -0.3 is 20.1 Å². The fraction of sp³-hybridized carbons (Fsp3) is 0.579. The molecular weight excluding hydrogens is 352 g/mol. The Labute approximate surface area is 160 Å². The fourth-order valence-electron chi connectivity index (χ4n) is 2.04. The average Bonchev–Trinajstić information content (AvgIpc) is 2.48. The highest BCUT2D eigenvalue weighted by atomic mass is 32.2. The molecule has 26 heavy (non-hydrogen) atoms. The number of nitrogens with one attached hydrogen (secondary N) is 2. The van der Waals surface area contributed by atoms with Crippen LogP contribution in [0.2, 0.25) is 0 Å².